The third kappa shape index (κ3) is 2.52. The molecule has 2 aromatic carbocycles. The summed E-state index contributed by atoms with van der Waals surface area (Å²) in [5.41, 5.74) is 0.839. The molecule has 6 nitrogen and oxygen atoms in total. The van der Waals surface area contributed by atoms with Gasteiger partial charge < -0.3 is 23.7 Å². The second-order valence-electron chi connectivity index (χ2n) is 5.05. The van der Waals surface area contributed by atoms with Gasteiger partial charge in [0.25, 0.3) is 5.95 Å². The van der Waals surface area contributed by atoms with Crippen LogP contribution in [0.1, 0.15) is 0 Å². The maximum atomic E-state index is 12.9. The van der Waals surface area contributed by atoms with E-state index >= 15 is 0 Å². The molecule has 0 bridgehead atoms. The fraction of sp³-hybridized carbons (Fsp3) is 0.167. The topological polar surface area (TPSA) is 78.1 Å². The Kier molecular flexibility index (Phi) is 4.04. The maximum absolute atomic E-state index is 12.9. The Bertz CT molecular complexity index is 958. The minimum Gasteiger partial charge on any atom is -0.508 e. The standard InChI is InChI=1S/C18H16O6/c1-21-13-7-4-10(8-15(13)22-2)16-17(20)12-6-5-11(19)9-14(12)24-18(16)23-3/h4-9,19H,1-3H3. The molecule has 0 atom stereocenters. The maximum Gasteiger partial charge on any atom is 0.296 e. The minimum absolute atomic E-state index is 0.00608. The van der Waals surface area contributed by atoms with Gasteiger partial charge in [0, 0.05) is 6.07 Å². The minimum atomic E-state index is -0.264. The summed E-state index contributed by atoms with van der Waals surface area (Å²) in [6.45, 7) is 0. The number of aromatic hydroxyl groups is 1. The normalized spacial score (nSPS) is 10.6. The van der Waals surface area contributed by atoms with Crippen molar-refractivity contribution >= 4 is 11.0 Å². The lowest BCUT2D eigenvalue weighted by Gasteiger charge is -2.12. The molecule has 3 aromatic rings. The van der Waals surface area contributed by atoms with Crippen molar-refractivity contribution in [3.05, 3.63) is 46.6 Å². The molecule has 0 spiro atoms. The van der Waals surface area contributed by atoms with E-state index in [0.29, 0.717) is 22.4 Å². The molecule has 124 valence electrons. The lowest BCUT2D eigenvalue weighted by atomic mass is 10.0. The predicted octanol–water partition coefficient (Wildman–Crippen LogP) is 3.19. The van der Waals surface area contributed by atoms with Crippen LogP contribution in [0.15, 0.2) is 45.6 Å². The molecule has 1 N–H and O–H groups in total. The Morgan fingerprint density at radius 1 is 0.917 bits per heavy atom. The summed E-state index contributed by atoms with van der Waals surface area (Å²) in [5.74, 6) is 1.11. The molecule has 1 aromatic heterocycles. The van der Waals surface area contributed by atoms with Crippen LogP contribution < -0.4 is 19.6 Å². The van der Waals surface area contributed by atoms with Gasteiger partial charge in [-0.2, -0.15) is 0 Å². The smallest absolute Gasteiger partial charge is 0.296 e. The molecule has 0 radical (unpaired) electrons. The van der Waals surface area contributed by atoms with Crippen LogP contribution in [0.2, 0.25) is 0 Å². The summed E-state index contributed by atoms with van der Waals surface area (Å²) in [6, 6.07) is 9.43. The highest BCUT2D eigenvalue weighted by Gasteiger charge is 2.19. The second kappa shape index (κ2) is 6.16. The van der Waals surface area contributed by atoms with Gasteiger partial charge in [-0.05, 0) is 29.8 Å². The highest BCUT2D eigenvalue weighted by atomic mass is 16.6. The Morgan fingerprint density at radius 2 is 1.67 bits per heavy atom. The van der Waals surface area contributed by atoms with Crippen molar-refractivity contribution < 1.29 is 23.7 Å². The van der Waals surface area contributed by atoms with E-state index in [1.165, 1.54) is 39.5 Å². The summed E-state index contributed by atoms with van der Waals surface area (Å²) in [7, 11) is 4.47. The Hall–Kier alpha value is -3.15. The van der Waals surface area contributed by atoms with E-state index in [-0.39, 0.29) is 28.3 Å². The first-order chi connectivity index (χ1) is 11.6. The van der Waals surface area contributed by atoms with Crippen molar-refractivity contribution in [3.63, 3.8) is 0 Å². The van der Waals surface area contributed by atoms with E-state index in [9.17, 15) is 9.90 Å². The molecule has 3 rings (SSSR count). The van der Waals surface area contributed by atoms with Gasteiger partial charge >= 0.3 is 0 Å². The van der Waals surface area contributed by atoms with E-state index in [2.05, 4.69) is 0 Å². The molecular weight excluding hydrogens is 312 g/mol. The van der Waals surface area contributed by atoms with Gasteiger partial charge in [0.15, 0.2) is 11.5 Å². The van der Waals surface area contributed by atoms with Crippen molar-refractivity contribution in [2.45, 2.75) is 0 Å². The monoisotopic (exact) mass is 328 g/mol. The summed E-state index contributed by atoms with van der Waals surface area (Å²) >= 11 is 0. The largest absolute Gasteiger partial charge is 0.508 e. The molecule has 0 saturated heterocycles. The van der Waals surface area contributed by atoms with Gasteiger partial charge in [0.2, 0.25) is 5.43 Å². The van der Waals surface area contributed by atoms with Crippen LogP contribution in [0, 0.1) is 0 Å². The van der Waals surface area contributed by atoms with Crippen LogP contribution in [0.3, 0.4) is 0 Å². The average Bonchev–Trinajstić information content (AvgIpc) is 2.60. The number of benzene rings is 2. The molecule has 0 aliphatic heterocycles. The number of ether oxygens (including phenoxy) is 3. The lowest BCUT2D eigenvalue weighted by molar-refractivity contribution is 0.312. The number of methoxy groups -OCH3 is 3. The number of phenolic OH excluding ortho intramolecular Hbond substituents is 1. The van der Waals surface area contributed by atoms with Crippen LogP contribution in [0.4, 0.5) is 0 Å². The quantitative estimate of drug-likeness (QED) is 0.792. The van der Waals surface area contributed by atoms with Gasteiger partial charge in [-0.3, -0.25) is 4.79 Å². The molecule has 0 saturated carbocycles. The number of phenols is 1. The summed E-state index contributed by atoms with van der Waals surface area (Å²) in [4.78, 5) is 12.9. The van der Waals surface area contributed by atoms with Gasteiger partial charge in [0.05, 0.1) is 26.7 Å². The average molecular weight is 328 g/mol. The molecule has 0 aliphatic rings. The second-order valence-corrected chi connectivity index (χ2v) is 5.05. The third-order valence-corrected chi connectivity index (χ3v) is 3.70. The SMILES string of the molecule is COc1ccc(-c2c(OC)oc3cc(O)ccc3c2=O)cc1OC. The van der Waals surface area contributed by atoms with Crippen LogP contribution in [-0.4, -0.2) is 26.4 Å². The van der Waals surface area contributed by atoms with Crippen LogP contribution in [0.25, 0.3) is 22.1 Å². The van der Waals surface area contributed by atoms with Gasteiger partial charge in [-0.15, -0.1) is 0 Å². The van der Waals surface area contributed by atoms with Crippen molar-refractivity contribution in [1.29, 1.82) is 0 Å². The van der Waals surface area contributed by atoms with Crippen LogP contribution >= 0.6 is 0 Å². The highest BCUT2D eigenvalue weighted by molar-refractivity contribution is 5.85. The number of fused-ring (bicyclic) bond motifs is 1. The van der Waals surface area contributed by atoms with Crippen molar-refractivity contribution in [2.24, 2.45) is 0 Å². The van der Waals surface area contributed by atoms with Gasteiger partial charge in [-0.1, -0.05) is 6.07 Å². The van der Waals surface area contributed by atoms with Gasteiger partial charge in [-0.25, -0.2) is 0 Å². The summed E-state index contributed by atoms with van der Waals surface area (Å²) < 4.78 is 21.4. The lowest BCUT2D eigenvalue weighted by Crippen LogP contribution is -2.07. The highest BCUT2D eigenvalue weighted by Crippen LogP contribution is 2.36. The number of rotatable bonds is 4. The Balaban J connectivity index is 2.31. The number of hydrogen-bond donors (Lipinski definition) is 1. The Morgan fingerprint density at radius 3 is 2.33 bits per heavy atom. The van der Waals surface area contributed by atoms with Crippen molar-refractivity contribution in [3.8, 4) is 34.3 Å². The van der Waals surface area contributed by atoms with Crippen molar-refractivity contribution in [1.82, 2.24) is 0 Å². The Labute approximate surface area is 137 Å². The van der Waals surface area contributed by atoms with E-state index in [1.807, 2.05) is 0 Å². The molecule has 0 fully saturated rings. The molecule has 0 amide bonds. The van der Waals surface area contributed by atoms with E-state index in [0.717, 1.165) is 0 Å². The fourth-order valence-electron chi connectivity index (χ4n) is 2.55. The van der Waals surface area contributed by atoms with Crippen molar-refractivity contribution in [2.75, 3.05) is 21.3 Å². The first kappa shape index (κ1) is 15.7. The van der Waals surface area contributed by atoms with Crippen LogP contribution in [0.5, 0.6) is 23.2 Å². The van der Waals surface area contributed by atoms with E-state index < -0.39 is 0 Å². The zero-order chi connectivity index (χ0) is 17.3. The first-order valence-electron chi connectivity index (χ1n) is 7.15. The fourth-order valence-corrected chi connectivity index (χ4v) is 2.55. The molecule has 0 aliphatic carbocycles. The zero-order valence-corrected chi connectivity index (χ0v) is 13.5. The molecule has 0 unspecified atom stereocenters. The molecule has 24 heavy (non-hydrogen) atoms. The first-order valence-corrected chi connectivity index (χ1v) is 7.15. The summed E-state index contributed by atoms with van der Waals surface area (Å²) in [5, 5.41) is 9.91. The van der Waals surface area contributed by atoms with Crippen LogP contribution in [-0.2, 0) is 0 Å². The molecule has 6 heteroatoms. The summed E-state index contributed by atoms with van der Waals surface area (Å²) in [6.07, 6.45) is 0. The number of hydrogen-bond acceptors (Lipinski definition) is 6. The molecular formula is C18H16O6. The van der Waals surface area contributed by atoms with E-state index in [4.69, 9.17) is 18.6 Å². The predicted molar refractivity (Wildman–Crippen MR) is 89.2 cm³/mol. The van der Waals surface area contributed by atoms with E-state index in [1.54, 1.807) is 18.2 Å². The molecule has 1 heterocycles. The zero-order valence-electron chi connectivity index (χ0n) is 13.5. The van der Waals surface area contributed by atoms with Gasteiger partial charge in [0.1, 0.15) is 16.9 Å². The third-order valence-electron chi connectivity index (χ3n) is 3.70.